The van der Waals surface area contributed by atoms with Crippen LogP contribution in [0.5, 0.6) is 0 Å². The lowest BCUT2D eigenvalue weighted by molar-refractivity contribution is 1.19. The number of thiophene rings is 2. The van der Waals surface area contributed by atoms with Gasteiger partial charge in [-0.2, -0.15) is 0 Å². The number of hydrogen-bond donors (Lipinski definition) is 0. The van der Waals surface area contributed by atoms with Gasteiger partial charge in [-0.15, -0.1) is 22.7 Å². The third kappa shape index (κ3) is 4.29. The second kappa shape index (κ2) is 11.2. The van der Waals surface area contributed by atoms with E-state index < -0.39 is 0 Å². The molecule has 238 valence electrons. The molecule has 11 rings (SSSR count). The van der Waals surface area contributed by atoms with Crippen molar-refractivity contribution in [3.63, 3.8) is 0 Å². The average Bonchev–Trinajstić information content (AvgIpc) is 3.87. The van der Waals surface area contributed by atoms with Gasteiger partial charge in [0.2, 0.25) is 0 Å². The van der Waals surface area contributed by atoms with Gasteiger partial charge >= 0.3 is 0 Å². The molecule has 0 bridgehead atoms. The molecule has 3 nitrogen and oxygen atoms in total. The van der Waals surface area contributed by atoms with Crippen molar-refractivity contribution in [1.82, 2.24) is 14.5 Å². The fourth-order valence-electron chi connectivity index (χ4n) is 7.92. The van der Waals surface area contributed by atoms with Crippen molar-refractivity contribution >= 4 is 84.8 Å². The first-order valence-electron chi connectivity index (χ1n) is 17.1. The monoisotopic (exact) mass is 685 g/mol. The van der Waals surface area contributed by atoms with Crippen LogP contribution in [0, 0.1) is 0 Å². The Hall–Kier alpha value is -6.14. The minimum absolute atomic E-state index is 1.01. The maximum atomic E-state index is 5.09. The minimum Gasteiger partial charge on any atom is -0.309 e. The molecule has 0 fully saturated rings. The fraction of sp³-hybridized carbons (Fsp3) is 0. The van der Waals surface area contributed by atoms with Gasteiger partial charge in [0.25, 0.3) is 0 Å². The highest BCUT2D eigenvalue weighted by Gasteiger charge is 2.20. The van der Waals surface area contributed by atoms with E-state index in [1.165, 1.54) is 62.2 Å². The zero-order valence-corrected chi connectivity index (χ0v) is 28.9. The molecule has 0 saturated carbocycles. The lowest BCUT2D eigenvalue weighted by Gasteiger charge is -2.14. The Balaban J connectivity index is 1.10. The van der Waals surface area contributed by atoms with Crippen LogP contribution in [0.1, 0.15) is 0 Å². The van der Waals surface area contributed by atoms with Crippen LogP contribution in [0.25, 0.3) is 101 Å². The highest BCUT2D eigenvalue weighted by Crippen LogP contribution is 2.46. The standard InChI is InChI=1S/C46H27N3S2/c1-3-16-34(43-45-36(23-25-47-43)33-15-7-10-20-41(33)50-45)29(11-1)30-12-2-4-17-35(30)44-46-37(24-26-48-44)38-27-28(21-22-42(38)51-46)49-39-18-8-5-13-31(39)32-14-6-9-19-40(32)49/h1-27H. The zero-order chi connectivity index (χ0) is 33.5. The van der Waals surface area contributed by atoms with Gasteiger partial charge in [-0.25, -0.2) is 0 Å². The second-order valence-electron chi connectivity index (χ2n) is 12.9. The van der Waals surface area contributed by atoms with Crippen molar-refractivity contribution in [1.29, 1.82) is 0 Å². The molecule has 0 saturated heterocycles. The predicted octanol–water partition coefficient (Wildman–Crippen LogP) is 13.3. The molecule has 5 heterocycles. The van der Waals surface area contributed by atoms with E-state index in [0.717, 1.165) is 39.3 Å². The van der Waals surface area contributed by atoms with E-state index in [-0.39, 0.29) is 0 Å². The van der Waals surface area contributed by atoms with E-state index in [2.05, 4.69) is 156 Å². The fourth-order valence-corrected chi connectivity index (χ4v) is 10.3. The summed E-state index contributed by atoms with van der Waals surface area (Å²) in [5, 5.41) is 7.54. The molecule has 51 heavy (non-hydrogen) atoms. The lowest BCUT2D eigenvalue weighted by atomic mass is 9.92. The number of pyridine rings is 2. The first kappa shape index (κ1) is 28.7. The summed E-state index contributed by atoms with van der Waals surface area (Å²) in [6, 6.07) is 54.6. The Morgan fingerprint density at radius 2 is 0.843 bits per heavy atom. The molecule has 6 aromatic carbocycles. The van der Waals surface area contributed by atoms with Gasteiger partial charge in [-0.05, 0) is 59.7 Å². The van der Waals surface area contributed by atoms with E-state index >= 15 is 0 Å². The molecule has 0 atom stereocenters. The number of para-hydroxylation sites is 2. The minimum atomic E-state index is 1.01. The molecule has 0 N–H and O–H groups in total. The average molecular weight is 686 g/mol. The summed E-state index contributed by atoms with van der Waals surface area (Å²) in [7, 11) is 0. The molecule has 0 aliphatic heterocycles. The summed E-state index contributed by atoms with van der Waals surface area (Å²) < 4.78 is 7.34. The van der Waals surface area contributed by atoms with Crippen molar-refractivity contribution in [2.75, 3.05) is 0 Å². The lowest BCUT2D eigenvalue weighted by Crippen LogP contribution is -1.93. The summed E-state index contributed by atoms with van der Waals surface area (Å²) in [5.74, 6) is 0. The molecule has 0 unspecified atom stereocenters. The van der Waals surface area contributed by atoms with Crippen molar-refractivity contribution in [3.05, 3.63) is 164 Å². The number of nitrogens with zero attached hydrogens (tertiary/aromatic N) is 3. The molecule has 5 heteroatoms. The van der Waals surface area contributed by atoms with Gasteiger partial charge in [0.05, 0.1) is 31.8 Å². The molecule has 0 radical (unpaired) electrons. The third-order valence-corrected chi connectivity index (χ3v) is 12.5. The molecular formula is C46H27N3S2. The van der Waals surface area contributed by atoms with E-state index in [4.69, 9.17) is 9.97 Å². The van der Waals surface area contributed by atoms with Gasteiger partial charge in [0.1, 0.15) is 0 Å². The van der Waals surface area contributed by atoms with Crippen LogP contribution in [0.2, 0.25) is 0 Å². The smallest absolute Gasteiger partial charge is 0.0886 e. The molecule has 0 aliphatic rings. The van der Waals surface area contributed by atoms with Crippen LogP contribution in [0.15, 0.2) is 164 Å². The number of fused-ring (bicyclic) bond motifs is 9. The Morgan fingerprint density at radius 1 is 0.373 bits per heavy atom. The van der Waals surface area contributed by atoms with Crippen LogP contribution >= 0.6 is 22.7 Å². The number of benzene rings is 6. The van der Waals surface area contributed by atoms with Crippen molar-refractivity contribution < 1.29 is 0 Å². The zero-order valence-electron chi connectivity index (χ0n) is 27.2. The van der Waals surface area contributed by atoms with Gasteiger partial charge < -0.3 is 4.57 Å². The number of hydrogen-bond acceptors (Lipinski definition) is 4. The summed E-state index contributed by atoms with van der Waals surface area (Å²) in [6.07, 6.45) is 3.92. The number of rotatable bonds is 4. The normalized spacial score (nSPS) is 11.9. The topological polar surface area (TPSA) is 30.7 Å². The predicted molar refractivity (Wildman–Crippen MR) is 218 cm³/mol. The summed E-state index contributed by atoms with van der Waals surface area (Å²) in [6.45, 7) is 0. The molecule has 0 spiro atoms. The van der Waals surface area contributed by atoms with Crippen LogP contribution in [-0.2, 0) is 0 Å². The Bertz CT molecular complexity index is 3110. The Kier molecular flexibility index (Phi) is 6.29. The van der Waals surface area contributed by atoms with Crippen molar-refractivity contribution in [2.45, 2.75) is 0 Å². The largest absolute Gasteiger partial charge is 0.309 e. The van der Waals surface area contributed by atoms with Crippen molar-refractivity contribution in [2.24, 2.45) is 0 Å². The maximum Gasteiger partial charge on any atom is 0.0886 e. The van der Waals surface area contributed by atoms with Gasteiger partial charge in [-0.3, -0.25) is 9.97 Å². The molecule has 0 aliphatic carbocycles. The number of aromatic nitrogens is 3. The van der Waals surface area contributed by atoms with Gasteiger partial charge in [0, 0.05) is 70.9 Å². The highest BCUT2D eigenvalue weighted by atomic mass is 32.1. The van der Waals surface area contributed by atoms with Crippen LogP contribution < -0.4 is 0 Å². The third-order valence-electron chi connectivity index (χ3n) is 10.2. The van der Waals surface area contributed by atoms with E-state index in [1.807, 2.05) is 35.1 Å². The first-order valence-corrected chi connectivity index (χ1v) is 18.7. The SMILES string of the molecule is c1ccc(-c2nccc3c2sc2ccccc23)c(-c2ccccc2-c2nccc3c2sc2ccc(-n4c5ccccc5c5ccccc54)cc23)c1. The molecule has 5 aromatic heterocycles. The van der Waals surface area contributed by atoms with E-state index in [0.29, 0.717) is 0 Å². The van der Waals surface area contributed by atoms with E-state index in [1.54, 1.807) is 0 Å². The summed E-state index contributed by atoms with van der Waals surface area (Å²) >= 11 is 3.64. The quantitative estimate of drug-likeness (QED) is 0.185. The highest BCUT2D eigenvalue weighted by molar-refractivity contribution is 7.26. The summed E-state index contributed by atoms with van der Waals surface area (Å²) in [5.41, 5.74) is 10.2. The molecular weight excluding hydrogens is 659 g/mol. The van der Waals surface area contributed by atoms with Gasteiger partial charge in [-0.1, -0.05) is 103 Å². The Morgan fingerprint density at radius 3 is 1.45 bits per heavy atom. The van der Waals surface area contributed by atoms with Crippen LogP contribution in [0.4, 0.5) is 0 Å². The van der Waals surface area contributed by atoms with Crippen LogP contribution in [0.3, 0.4) is 0 Å². The first-order chi connectivity index (χ1) is 25.3. The maximum absolute atomic E-state index is 5.09. The molecule has 0 amide bonds. The van der Waals surface area contributed by atoms with E-state index in [9.17, 15) is 0 Å². The van der Waals surface area contributed by atoms with Gasteiger partial charge in [0.15, 0.2) is 0 Å². The molecule has 11 aromatic rings. The summed E-state index contributed by atoms with van der Waals surface area (Å²) in [4.78, 5) is 10.1. The second-order valence-corrected chi connectivity index (χ2v) is 15.0. The van der Waals surface area contributed by atoms with Crippen molar-refractivity contribution in [3.8, 4) is 39.3 Å². The van der Waals surface area contributed by atoms with Crippen LogP contribution in [-0.4, -0.2) is 14.5 Å². The Labute approximate surface area is 301 Å².